The summed E-state index contributed by atoms with van der Waals surface area (Å²) in [5.74, 6) is -1.45. The molecule has 1 N–H and O–H groups in total. The highest BCUT2D eigenvalue weighted by Crippen LogP contribution is 2.15. The Labute approximate surface area is 101 Å². The van der Waals surface area contributed by atoms with E-state index in [9.17, 15) is 9.59 Å². The van der Waals surface area contributed by atoms with Gasteiger partial charge >= 0.3 is 5.97 Å². The highest BCUT2D eigenvalue weighted by molar-refractivity contribution is 6.02. The summed E-state index contributed by atoms with van der Waals surface area (Å²) in [6.45, 7) is 2.59. The van der Waals surface area contributed by atoms with Crippen molar-refractivity contribution in [3.8, 4) is 0 Å². The molecule has 0 aliphatic carbocycles. The van der Waals surface area contributed by atoms with Crippen molar-refractivity contribution in [3.05, 3.63) is 30.3 Å². The Kier molecular flexibility index (Phi) is 5.20. The van der Waals surface area contributed by atoms with Crippen LogP contribution in [-0.4, -0.2) is 23.5 Å². The standard InChI is InChI=1S/C13H17NO3/c1-2-3-9-14(12(15)10-13(16)17)11-7-5-4-6-8-11/h4-8H,2-3,9-10H2,1H3,(H,16,17). The summed E-state index contributed by atoms with van der Waals surface area (Å²) < 4.78 is 0. The van der Waals surface area contributed by atoms with Crippen LogP contribution in [0.3, 0.4) is 0 Å². The van der Waals surface area contributed by atoms with Gasteiger partial charge in [0, 0.05) is 12.2 Å². The topological polar surface area (TPSA) is 57.6 Å². The van der Waals surface area contributed by atoms with Crippen LogP contribution in [0.25, 0.3) is 0 Å². The lowest BCUT2D eigenvalue weighted by Crippen LogP contribution is -2.33. The van der Waals surface area contributed by atoms with Crippen LogP contribution >= 0.6 is 0 Å². The van der Waals surface area contributed by atoms with Crippen molar-refractivity contribution in [3.63, 3.8) is 0 Å². The maximum Gasteiger partial charge on any atom is 0.312 e. The first kappa shape index (κ1) is 13.2. The number of anilines is 1. The molecular weight excluding hydrogens is 218 g/mol. The first-order chi connectivity index (χ1) is 8.15. The molecule has 1 amide bonds. The van der Waals surface area contributed by atoms with Crippen LogP contribution in [0.2, 0.25) is 0 Å². The Hall–Kier alpha value is -1.84. The average Bonchev–Trinajstić information content (AvgIpc) is 2.30. The fourth-order valence-electron chi connectivity index (χ4n) is 1.55. The van der Waals surface area contributed by atoms with E-state index in [-0.39, 0.29) is 5.91 Å². The van der Waals surface area contributed by atoms with Gasteiger partial charge in [0.15, 0.2) is 0 Å². The fourth-order valence-corrected chi connectivity index (χ4v) is 1.55. The van der Waals surface area contributed by atoms with Gasteiger partial charge in [0.2, 0.25) is 5.91 Å². The van der Waals surface area contributed by atoms with Crippen molar-refractivity contribution in [1.82, 2.24) is 0 Å². The predicted molar refractivity (Wildman–Crippen MR) is 66.0 cm³/mol. The van der Waals surface area contributed by atoms with Crippen LogP contribution in [0.1, 0.15) is 26.2 Å². The third kappa shape index (κ3) is 4.26. The highest BCUT2D eigenvalue weighted by atomic mass is 16.4. The van der Waals surface area contributed by atoms with Crippen molar-refractivity contribution in [2.24, 2.45) is 0 Å². The molecule has 1 rings (SSSR count). The van der Waals surface area contributed by atoms with E-state index in [2.05, 4.69) is 0 Å². The van der Waals surface area contributed by atoms with E-state index in [0.29, 0.717) is 6.54 Å². The molecule has 4 nitrogen and oxygen atoms in total. The summed E-state index contributed by atoms with van der Waals surface area (Å²) in [4.78, 5) is 23.9. The molecule has 0 saturated carbocycles. The number of carboxylic acid groups (broad SMARTS) is 1. The minimum atomic E-state index is -1.09. The first-order valence-corrected chi connectivity index (χ1v) is 5.72. The molecule has 0 unspecified atom stereocenters. The molecule has 0 spiro atoms. The van der Waals surface area contributed by atoms with Crippen LogP contribution in [0, 0.1) is 0 Å². The van der Waals surface area contributed by atoms with E-state index >= 15 is 0 Å². The number of carbonyl (C=O) groups is 2. The zero-order valence-electron chi connectivity index (χ0n) is 9.93. The molecule has 0 atom stereocenters. The van der Waals surface area contributed by atoms with Crippen LogP contribution in [0.4, 0.5) is 5.69 Å². The first-order valence-electron chi connectivity index (χ1n) is 5.72. The minimum absolute atomic E-state index is 0.364. The number of carbonyl (C=O) groups excluding carboxylic acids is 1. The third-order valence-electron chi connectivity index (χ3n) is 2.41. The van der Waals surface area contributed by atoms with E-state index in [0.717, 1.165) is 18.5 Å². The summed E-state index contributed by atoms with van der Waals surface area (Å²) in [6, 6.07) is 9.17. The zero-order chi connectivity index (χ0) is 12.7. The molecule has 0 aliphatic heterocycles. The summed E-state index contributed by atoms with van der Waals surface area (Å²) >= 11 is 0. The molecule has 0 radical (unpaired) electrons. The predicted octanol–water partition coefficient (Wildman–Crippen LogP) is 2.29. The molecule has 4 heteroatoms. The zero-order valence-corrected chi connectivity index (χ0v) is 9.93. The average molecular weight is 235 g/mol. The van der Waals surface area contributed by atoms with Crippen LogP contribution in [0.15, 0.2) is 30.3 Å². The highest BCUT2D eigenvalue weighted by Gasteiger charge is 2.17. The van der Waals surface area contributed by atoms with Crippen molar-refractivity contribution in [1.29, 1.82) is 0 Å². The number of aliphatic carboxylic acids is 1. The Balaban J connectivity index is 2.80. The second-order valence-corrected chi connectivity index (χ2v) is 3.80. The molecule has 17 heavy (non-hydrogen) atoms. The maximum absolute atomic E-state index is 11.8. The maximum atomic E-state index is 11.8. The number of hydrogen-bond donors (Lipinski definition) is 1. The van der Waals surface area contributed by atoms with Crippen LogP contribution < -0.4 is 4.90 Å². The van der Waals surface area contributed by atoms with Crippen molar-refractivity contribution < 1.29 is 14.7 Å². The second kappa shape index (κ2) is 6.68. The van der Waals surface area contributed by atoms with Gasteiger partial charge in [0.25, 0.3) is 0 Å². The number of carboxylic acids is 1. The molecule has 1 aromatic carbocycles. The van der Waals surface area contributed by atoms with Crippen LogP contribution in [0.5, 0.6) is 0 Å². The molecule has 0 bridgehead atoms. The number of hydrogen-bond acceptors (Lipinski definition) is 2. The lowest BCUT2D eigenvalue weighted by Gasteiger charge is -2.21. The number of amides is 1. The van der Waals surface area contributed by atoms with Gasteiger partial charge in [-0.25, -0.2) is 0 Å². The Bertz CT molecular complexity index is 376. The molecular formula is C13H17NO3. The SMILES string of the molecule is CCCCN(C(=O)CC(=O)O)c1ccccc1. The van der Waals surface area contributed by atoms with E-state index in [1.165, 1.54) is 4.90 Å². The van der Waals surface area contributed by atoms with E-state index in [1.54, 1.807) is 0 Å². The van der Waals surface area contributed by atoms with Crippen molar-refractivity contribution >= 4 is 17.6 Å². The molecule has 0 aromatic heterocycles. The second-order valence-electron chi connectivity index (χ2n) is 3.80. The summed E-state index contributed by atoms with van der Waals surface area (Å²) in [5, 5.41) is 8.66. The number of para-hydroxylation sites is 1. The van der Waals surface area contributed by atoms with E-state index in [4.69, 9.17) is 5.11 Å². The van der Waals surface area contributed by atoms with E-state index in [1.807, 2.05) is 37.3 Å². The van der Waals surface area contributed by atoms with Gasteiger partial charge in [0.1, 0.15) is 6.42 Å². The quantitative estimate of drug-likeness (QED) is 0.770. The number of nitrogens with zero attached hydrogens (tertiary/aromatic N) is 1. The summed E-state index contributed by atoms with van der Waals surface area (Å²) in [5.41, 5.74) is 0.757. The van der Waals surface area contributed by atoms with Gasteiger partial charge in [0.05, 0.1) is 0 Å². The molecule has 0 aliphatic rings. The van der Waals surface area contributed by atoms with Gasteiger partial charge in [-0.1, -0.05) is 31.5 Å². The smallest absolute Gasteiger partial charge is 0.312 e. The number of benzene rings is 1. The van der Waals surface area contributed by atoms with Gasteiger partial charge in [-0.2, -0.15) is 0 Å². The number of rotatable bonds is 6. The van der Waals surface area contributed by atoms with E-state index < -0.39 is 12.4 Å². The lowest BCUT2D eigenvalue weighted by atomic mass is 10.2. The fraction of sp³-hybridized carbons (Fsp3) is 0.385. The van der Waals surface area contributed by atoms with Crippen molar-refractivity contribution in [2.75, 3.05) is 11.4 Å². The molecule has 0 fully saturated rings. The van der Waals surface area contributed by atoms with Crippen molar-refractivity contribution in [2.45, 2.75) is 26.2 Å². The Morgan fingerprint density at radius 1 is 1.24 bits per heavy atom. The lowest BCUT2D eigenvalue weighted by molar-refractivity contribution is -0.140. The largest absolute Gasteiger partial charge is 0.481 e. The van der Waals surface area contributed by atoms with Crippen LogP contribution in [-0.2, 0) is 9.59 Å². The summed E-state index contributed by atoms with van der Waals surface area (Å²) in [7, 11) is 0. The van der Waals surface area contributed by atoms with Gasteiger partial charge in [-0.15, -0.1) is 0 Å². The monoisotopic (exact) mass is 235 g/mol. The third-order valence-corrected chi connectivity index (χ3v) is 2.41. The van der Waals surface area contributed by atoms with Gasteiger partial charge < -0.3 is 10.0 Å². The summed E-state index contributed by atoms with van der Waals surface area (Å²) in [6.07, 6.45) is 1.36. The number of unbranched alkanes of at least 4 members (excludes halogenated alkanes) is 1. The normalized spacial score (nSPS) is 9.94. The Morgan fingerprint density at radius 3 is 2.41 bits per heavy atom. The molecule has 1 aromatic rings. The molecule has 92 valence electrons. The van der Waals surface area contributed by atoms with Gasteiger partial charge in [-0.05, 0) is 18.6 Å². The minimum Gasteiger partial charge on any atom is -0.481 e. The Morgan fingerprint density at radius 2 is 1.88 bits per heavy atom. The van der Waals surface area contributed by atoms with Gasteiger partial charge in [-0.3, -0.25) is 9.59 Å². The molecule has 0 saturated heterocycles. The molecule has 0 heterocycles.